The van der Waals surface area contributed by atoms with Crippen molar-refractivity contribution in [2.45, 2.75) is 6.42 Å². The molecule has 1 amide bonds. The second-order valence-corrected chi connectivity index (χ2v) is 7.50. The van der Waals surface area contributed by atoms with Gasteiger partial charge in [-0.25, -0.2) is 4.79 Å². The Balaban J connectivity index is 1.44. The topological polar surface area (TPSA) is 68.5 Å². The van der Waals surface area contributed by atoms with Crippen molar-refractivity contribution in [1.82, 2.24) is 5.32 Å². The number of hydrogen-bond donors (Lipinski definition) is 1. The van der Waals surface area contributed by atoms with Crippen molar-refractivity contribution < 1.29 is 13.9 Å². The molecule has 0 fully saturated rings. The van der Waals surface area contributed by atoms with Gasteiger partial charge in [-0.2, -0.15) is 0 Å². The molecule has 0 radical (unpaired) electrons. The maximum Gasteiger partial charge on any atom is 0.336 e. The van der Waals surface area contributed by atoms with Gasteiger partial charge in [0.15, 0.2) is 6.61 Å². The largest absolute Gasteiger partial charge is 0.484 e. The van der Waals surface area contributed by atoms with Gasteiger partial charge in [0.25, 0.3) is 5.91 Å². The highest BCUT2D eigenvalue weighted by atomic mass is 32.1. The third-order valence-corrected chi connectivity index (χ3v) is 5.38. The van der Waals surface area contributed by atoms with Gasteiger partial charge in [-0.1, -0.05) is 36.4 Å². The summed E-state index contributed by atoms with van der Waals surface area (Å²) in [5.74, 6) is 0.278. The molecule has 0 aliphatic heterocycles. The summed E-state index contributed by atoms with van der Waals surface area (Å²) < 4.78 is 10.9. The van der Waals surface area contributed by atoms with Crippen LogP contribution in [0.2, 0.25) is 0 Å². The minimum absolute atomic E-state index is 0.0987. The summed E-state index contributed by atoms with van der Waals surface area (Å²) in [5.41, 5.74) is 1.73. The number of rotatable bonds is 7. The molecule has 6 heteroatoms. The summed E-state index contributed by atoms with van der Waals surface area (Å²) in [4.78, 5) is 25.2. The van der Waals surface area contributed by atoms with Crippen LogP contribution >= 0.6 is 11.3 Å². The first-order valence-corrected chi connectivity index (χ1v) is 10.1. The van der Waals surface area contributed by atoms with Gasteiger partial charge in [0.2, 0.25) is 0 Å². The number of ether oxygens (including phenoxy) is 1. The van der Waals surface area contributed by atoms with Gasteiger partial charge in [-0.15, -0.1) is 11.3 Å². The first-order chi connectivity index (χ1) is 14.2. The minimum atomic E-state index is -0.431. The molecule has 2 heterocycles. The number of benzene rings is 2. The molecule has 0 aliphatic rings. The monoisotopic (exact) mass is 405 g/mol. The Hall–Kier alpha value is -3.38. The molecule has 2 aromatic heterocycles. The first-order valence-electron chi connectivity index (χ1n) is 9.24. The summed E-state index contributed by atoms with van der Waals surface area (Å²) in [6.45, 7) is 0.467. The van der Waals surface area contributed by atoms with Crippen molar-refractivity contribution in [2.24, 2.45) is 0 Å². The van der Waals surface area contributed by atoms with E-state index < -0.39 is 5.63 Å². The molecule has 146 valence electrons. The highest BCUT2D eigenvalue weighted by Crippen LogP contribution is 2.29. The Morgan fingerprint density at radius 3 is 2.69 bits per heavy atom. The van der Waals surface area contributed by atoms with Gasteiger partial charge in [0, 0.05) is 28.9 Å². The van der Waals surface area contributed by atoms with Gasteiger partial charge in [0.1, 0.15) is 11.3 Å². The zero-order chi connectivity index (χ0) is 20.1. The van der Waals surface area contributed by atoms with Gasteiger partial charge in [-0.05, 0) is 41.1 Å². The third kappa shape index (κ3) is 4.73. The quantitative estimate of drug-likeness (QED) is 0.467. The van der Waals surface area contributed by atoms with Crippen molar-refractivity contribution in [2.75, 3.05) is 13.2 Å². The minimum Gasteiger partial charge on any atom is -0.484 e. The van der Waals surface area contributed by atoms with Crippen LogP contribution in [0, 0.1) is 0 Å². The lowest BCUT2D eigenvalue weighted by molar-refractivity contribution is -0.123. The molecule has 5 nitrogen and oxygen atoms in total. The van der Waals surface area contributed by atoms with Gasteiger partial charge in [0.05, 0.1) is 0 Å². The summed E-state index contributed by atoms with van der Waals surface area (Å²) in [6.07, 6.45) is 0.798. The van der Waals surface area contributed by atoms with Crippen molar-refractivity contribution in [3.05, 3.63) is 87.4 Å². The first kappa shape index (κ1) is 19.0. The van der Waals surface area contributed by atoms with E-state index in [9.17, 15) is 9.59 Å². The molecule has 29 heavy (non-hydrogen) atoms. The molecule has 0 atom stereocenters. The van der Waals surface area contributed by atoms with Gasteiger partial charge in [-0.3, -0.25) is 4.79 Å². The lowest BCUT2D eigenvalue weighted by Crippen LogP contribution is -2.30. The van der Waals surface area contributed by atoms with Crippen molar-refractivity contribution >= 4 is 28.2 Å². The van der Waals surface area contributed by atoms with E-state index in [1.807, 2.05) is 53.9 Å². The molecule has 0 unspecified atom stereocenters. The number of nitrogens with one attached hydrogen (secondary N) is 1. The van der Waals surface area contributed by atoms with Crippen LogP contribution in [0.4, 0.5) is 0 Å². The van der Waals surface area contributed by atoms with E-state index in [-0.39, 0.29) is 12.5 Å². The molecule has 0 spiro atoms. The highest BCUT2D eigenvalue weighted by Gasteiger charge is 2.10. The van der Waals surface area contributed by atoms with E-state index in [2.05, 4.69) is 5.32 Å². The number of thiophene rings is 1. The molecule has 0 saturated heterocycles. The van der Waals surface area contributed by atoms with Crippen LogP contribution in [0.3, 0.4) is 0 Å². The van der Waals surface area contributed by atoms with E-state index in [1.165, 1.54) is 10.9 Å². The SMILES string of the molecule is O=C(COc1ccc2c(-c3ccccc3)cc(=O)oc2c1)NCCc1cccs1. The second kappa shape index (κ2) is 8.75. The average molecular weight is 405 g/mol. The van der Waals surface area contributed by atoms with Crippen LogP contribution in [0.5, 0.6) is 5.75 Å². The highest BCUT2D eigenvalue weighted by molar-refractivity contribution is 7.09. The molecule has 0 aliphatic carbocycles. The number of carbonyl (C=O) groups excluding carboxylic acids is 1. The van der Waals surface area contributed by atoms with E-state index >= 15 is 0 Å². The third-order valence-electron chi connectivity index (χ3n) is 4.44. The second-order valence-electron chi connectivity index (χ2n) is 6.47. The van der Waals surface area contributed by atoms with E-state index in [4.69, 9.17) is 9.15 Å². The average Bonchev–Trinajstić information content (AvgIpc) is 3.25. The van der Waals surface area contributed by atoms with Crippen molar-refractivity contribution in [3.8, 4) is 16.9 Å². The Kier molecular flexibility index (Phi) is 5.72. The lowest BCUT2D eigenvalue weighted by atomic mass is 10.0. The Labute approximate surface area is 171 Å². The van der Waals surface area contributed by atoms with Crippen molar-refractivity contribution in [1.29, 1.82) is 0 Å². The summed E-state index contributed by atoms with van der Waals surface area (Å²) in [7, 11) is 0. The smallest absolute Gasteiger partial charge is 0.336 e. The summed E-state index contributed by atoms with van der Waals surface area (Å²) in [6, 6.07) is 20.4. The molecular weight excluding hydrogens is 386 g/mol. The standard InChI is InChI=1S/C23H19NO4S/c25-22(24-11-10-18-7-4-12-29-18)15-27-17-8-9-19-20(16-5-2-1-3-6-16)14-23(26)28-21(19)13-17/h1-9,12-14H,10-11,15H2,(H,24,25). The molecular formula is C23H19NO4S. The number of amides is 1. The number of fused-ring (bicyclic) bond motifs is 1. The predicted octanol–water partition coefficient (Wildman–Crippen LogP) is 4.26. The zero-order valence-electron chi connectivity index (χ0n) is 15.6. The normalized spacial score (nSPS) is 10.8. The van der Waals surface area contributed by atoms with Crippen LogP contribution in [-0.4, -0.2) is 19.1 Å². The van der Waals surface area contributed by atoms with Crippen LogP contribution in [0.15, 0.2) is 81.3 Å². The van der Waals surface area contributed by atoms with E-state index in [1.54, 1.807) is 23.5 Å². The Morgan fingerprint density at radius 2 is 1.90 bits per heavy atom. The lowest BCUT2D eigenvalue weighted by Gasteiger charge is -2.09. The number of carbonyl (C=O) groups is 1. The fourth-order valence-corrected chi connectivity index (χ4v) is 3.78. The summed E-state index contributed by atoms with van der Waals surface area (Å²) >= 11 is 1.67. The van der Waals surface area contributed by atoms with Crippen LogP contribution in [-0.2, 0) is 11.2 Å². The zero-order valence-corrected chi connectivity index (χ0v) is 16.4. The number of hydrogen-bond acceptors (Lipinski definition) is 5. The maximum atomic E-state index is 12.0. The predicted molar refractivity (Wildman–Crippen MR) is 114 cm³/mol. The van der Waals surface area contributed by atoms with Crippen molar-refractivity contribution in [3.63, 3.8) is 0 Å². The van der Waals surface area contributed by atoms with Gasteiger partial charge >= 0.3 is 5.63 Å². The maximum absolute atomic E-state index is 12.0. The van der Waals surface area contributed by atoms with Gasteiger partial charge < -0.3 is 14.5 Å². The Morgan fingerprint density at radius 1 is 1.03 bits per heavy atom. The molecule has 4 aromatic rings. The van der Waals surface area contributed by atoms with E-state index in [0.717, 1.165) is 22.9 Å². The molecule has 2 aromatic carbocycles. The molecule has 0 bridgehead atoms. The van der Waals surface area contributed by atoms with E-state index in [0.29, 0.717) is 17.9 Å². The fraction of sp³-hybridized carbons (Fsp3) is 0.130. The van der Waals surface area contributed by atoms with Crippen LogP contribution < -0.4 is 15.7 Å². The molecule has 1 N–H and O–H groups in total. The summed E-state index contributed by atoms with van der Waals surface area (Å²) in [5, 5.41) is 5.66. The Bertz CT molecular complexity index is 1170. The molecule has 0 saturated carbocycles. The van der Waals surface area contributed by atoms with Crippen LogP contribution in [0.1, 0.15) is 4.88 Å². The molecule has 4 rings (SSSR count). The van der Waals surface area contributed by atoms with Crippen LogP contribution in [0.25, 0.3) is 22.1 Å². The fourth-order valence-electron chi connectivity index (χ4n) is 3.07.